The Balaban J connectivity index is 2.04. The van der Waals surface area contributed by atoms with Crippen molar-refractivity contribution in [2.75, 3.05) is 4.72 Å². The number of rotatable bonds is 5. The van der Waals surface area contributed by atoms with Crippen LogP contribution in [0.2, 0.25) is 0 Å². The number of benzene rings is 2. The largest absolute Gasteiger partial charge is 0.296 e. The lowest BCUT2D eigenvalue weighted by molar-refractivity contribution is -0.396. The molecule has 0 amide bonds. The zero-order valence-electron chi connectivity index (χ0n) is 12.1. The van der Waals surface area contributed by atoms with Gasteiger partial charge in [0.2, 0.25) is 0 Å². The molecule has 0 atom stereocenters. The van der Waals surface area contributed by atoms with Crippen LogP contribution >= 0.6 is 11.3 Å². The van der Waals surface area contributed by atoms with Crippen molar-refractivity contribution in [3.05, 3.63) is 62.1 Å². The quantitative estimate of drug-likeness (QED) is 0.529. The van der Waals surface area contributed by atoms with Crippen LogP contribution < -0.4 is 4.72 Å². The zero-order valence-corrected chi connectivity index (χ0v) is 13.8. The van der Waals surface area contributed by atoms with Crippen LogP contribution in [0.25, 0.3) is 10.2 Å². The van der Waals surface area contributed by atoms with Crippen molar-refractivity contribution in [2.45, 2.75) is 4.90 Å². The van der Waals surface area contributed by atoms with Gasteiger partial charge >= 0.3 is 0 Å². The van der Waals surface area contributed by atoms with Gasteiger partial charge in [-0.05, 0) is 24.3 Å². The molecule has 2 aromatic carbocycles. The second kappa shape index (κ2) is 6.07. The molecule has 1 heterocycles. The van der Waals surface area contributed by atoms with E-state index in [2.05, 4.69) is 9.71 Å². The number of fused-ring (bicyclic) bond motifs is 1. The van der Waals surface area contributed by atoms with Gasteiger partial charge in [-0.2, -0.15) is 0 Å². The van der Waals surface area contributed by atoms with E-state index in [1.54, 1.807) is 17.6 Å². The molecule has 0 radical (unpaired) electrons. The molecule has 0 aliphatic rings. The van der Waals surface area contributed by atoms with Gasteiger partial charge < -0.3 is 0 Å². The summed E-state index contributed by atoms with van der Waals surface area (Å²) in [6.45, 7) is 0. The predicted octanol–water partition coefficient (Wildman–Crippen LogP) is 2.91. The van der Waals surface area contributed by atoms with Gasteiger partial charge in [-0.3, -0.25) is 25.0 Å². The maximum Gasteiger partial charge on any atom is 0.296 e. The zero-order chi connectivity index (χ0) is 18.2. The first-order valence-electron chi connectivity index (χ1n) is 6.57. The third kappa shape index (κ3) is 3.25. The molecule has 3 rings (SSSR count). The van der Waals surface area contributed by atoms with Gasteiger partial charge in [0.25, 0.3) is 21.4 Å². The van der Waals surface area contributed by atoms with E-state index in [4.69, 9.17) is 0 Å². The van der Waals surface area contributed by atoms with Gasteiger partial charge in [-0.1, -0.05) is 0 Å². The summed E-state index contributed by atoms with van der Waals surface area (Å²) >= 11 is 1.31. The molecule has 0 aliphatic heterocycles. The number of nitrogens with zero attached hydrogens (tertiary/aromatic N) is 3. The van der Waals surface area contributed by atoms with Crippen molar-refractivity contribution in [2.24, 2.45) is 0 Å². The van der Waals surface area contributed by atoms with Crippen LogP contribution in [0.5, 0.6) is 0 Å². The molecule has 25 heavy (non-hydrogen) atoms. The molecule has 0 saturated heterocycles. The summed E-state index contributed by atoms with van der Waals surface area (Å²) in [5.74, 6) is 0. The number of nitro benzene ring substituents is 2. The first-order valence-corrected chi connectivity index (χ1v) is 8.93. The van der Waals surface area contributed by atoms with Crippen molar-refractivity contribution in [1.82, 2.24) is 4.98 Å². The number of non-ortho nitro benzene ring substituents is 1. The third-order valence-electron chi connectivity index (χ3n) is 3.22. The lowest BCUT2D eigenvalue weighted by Gasteiger charge is -2.08. The Bertz CT molecular complexity index is 1110. The van der Waals surface area contributed by atoms with Crippen molar-refractivity contribution >= 4 is 48.6 Å². The molecule has 3 aromatic rings. The van der Waals surface area contributed by atoms with Gasteiger partial charge in [-0.25, -0.2) is 13.4 Å². The first kappa shape index (κ1) is 16.7. The number of nitro groups is 2. The first-order chi connectivity index (χ1) is 11.8. The smallest absolute Gasteiger partial charge is 0.279 e. The number of thiazole rings is 1. The minimum absolute atomic E-state index is 0.199. The highest BCUT2D eigenvalue weighted by molar-refractivity contribution is 7.92. The number of hydrogen-bond donors (Lipinski definition) is 1. The number of sulfonamides is 1. The van der Waals surface area contributed by atoms with Gasteiger partial charge in [0.15, 0.2) is 4.90 Å². The fraction of sp³-hybridized carbons (Fsp3) is 0. The van der Waals surface area contributed by atoms with Crippen LogP contribution in [0.1, 0.15) is 0 Å². The van der Waals surface area contributed by atoms with Crippen molar-refractivity contribution < 1.29 is 18.3 Å². The molecule has 0 bridgehead atoms. The molecule has 128 valence electrons. The summed E-state index contributed by atoms with van der Waals surface area (Å²) < 4.78 is 27.9. The summed E-state index contributed by atoms with van der Waals surface area (Å²) in [5.41, 5.74) is 1.04. The lowest BCUT2D eigenvalue weighted by Crippen LogP contribution is -2.14. The fourth-order valence-corrected chi connectivity index (χ4v) is 4.04. The Morgan fingerprint density at radius 2 is 1.80 bits per heavy atom. The fourth-order valence-electron chi connectivity index (χ4n) is 2.12. The maximum atomic E-state index is 12.5. The molecular weight excluding hydrogens is 372 g/mol. The molecule has 0 saturated carbocycles. The Kier molecular flexibility index (Phi) is 4.06. The topological polar surface area (TPSA) is 145 Å². The average molecular weight is 380 g/mol. The van der Waals surface area contributed by atoms with E-state index in [-0.39, 0.29) is 5.69 Å². The Hall–Kier alpha value is -3.12. The number of aromatic nitrogens is 1. The summed E-state index contributed by atoms with van der Waals surface area (Å²) in [7, 11) is -4.31. The van der Waals surface area contributed by atoms with E-state index < -0.39 is 36.1 Å². The molecule has 0 aliphatic carbocycles. The second-order valence-corrected chi connectivity index (χ2v) is 7.34. The van der Waals surface area contributed by atoms with Crippen LogP contribution in [0.4, 0.5) is 17.1 Å². The molecule has 0 spiro atoms. The SMILES string of the molecule is O=[N+]([O-])c1ccc(S(=O)(=O)Nc2ccc3ncsc3c2)c([N+](=O)[O-])c1. The van der Waals surface area contributed by atoms with Crippen molar-refractivity contribution in [3.63, 3.8) is 0 Å². The third-order valence-corrected chi connectivity index (χ3v) is 5.44. The summed E-state index contributed by atoms with van der Waals surface area (Å²) in [6, 6.07) is 6.96. The standard InChI is InChI=1S/C13H8N4O6S2/c18-16(19)9-2-4-13(11(6-9)17(20)21)25(22,23)15-8-1-3-10-12(5-8)24-7-14-10/h1-7,15H. The van der Waals surface area contributed by atoms with E-state index in [1.165, 1.54) is 17.4 Å². The van der Waals surface area contributed by atoms with Gasteiger partial charge in [0, 0.05) is 6.07 Å². The Morgan fingerprint density at radius 1 is 1.04 bits per heavy atom. The maximum absolute atomic E-state index is 12.5. The highest BCUT2D eigenvalue weighted by Gasteiger charge is 2.28. The van der Waals surface area contributed by atoms with E-state index >= 15 is 0 Å². The van der Waals surface area contributed by atoms with Crippen LogP contribution in [-0.4, -0.2) is 23.2 Å². The average Bonchev–Trinajstić information content (AvgIpc) is 3.01. The van der Waals surface area contributed by atoms with Crippen LogP contribution in [-0.2, 0) is 10.0 Å². The van der Waals surface area contributed by atoms with Crippen LogP contribution in [0.15, 0.2) is 46.8 Å². The molecule has 0 unspecified atom stereocenters. The summed E-state index contributed by atoms with van der Waals surface area (Å²) in [6.07, 6.45) is 0. The minimum atomic E-state index is -4.31. The molecule has 1 N–H and O–H groups in total. The van der Waals surface area contributed by atoms with Gasteiger partial charge in [0.1, 0.15) is 0 Å². The summed E-state index contributed by atoms with van der Waals surface area (Å²) in [4.78, 5) is 23.4. The van der Waals surface area contributed by atoms with E-state index in [1.807, 2.05) is 0 Å². The van der Waals surface area contributed by atoms with E-state index in [9.17, 15) is 28.6 Å². The van der Waals surface area contributed by atoms with Crippen molar-refractivity contribution in [3.8, 4) is 0 Å². The minimum Gasteiger partial charge on any atom is -0.279 e. The molecule has 10 nitrogen and oxygen atoms in total. The van der Waals surface area contributed by atoms with Crippen LogP contribution in [0.3, 0.4) is 0 Å². The Morgan fingerprint density at radius 3 is 2.48 bits per heavy atom. The lowest BCUT2D eigenvalue weighted by atomic mass is 10.3. The molecular formula is C13H8N4O6S2. The van der Waals surface area contributed by atoms with Gasteiger partial charge in [-0.15, -0.1) is 11.3 Å². The predicted molar refractivity (Wildman–Crippen MR) is 90.2 cm³/mol. The molecule has 12 heteroatoms. The number of hydrogen-bond acceptors (Lipinski definition) is 8. The van der Waals surface area contributed by atoms with E-state index in [0.29, 0.717) is 11.6 Å². The second-order valence-electron chi connectivity index (χ2n) is 4.81. The number of anilines is 1. The molecule has 1 aromatic heterocycles. The number of nitrogens with one attached hydrogen (secondary N) is 1. The van der Waals surface area contributed by atoms with E-state index in [0.717, 1.165) is 16.8 Å². The highest BCUT2D eigenvalue weighted by atomic mass is 32.2. The summed E-state index contributed by atoms with van der Waals surface area (Å²) in [5, 5.41) is 21.9. The Labute approximate surface area is 144 Å². The highest BCUT2D eigenvalue weighted by Crippen LogP contribution is 2.30. The normalized spacial score (nSPS) is 11.4. The monoisotopic (exact) mass is 380 g/mol. The molecule has 0 fully saturated rings. The van der Waals surface area contributed by atoms with Gasteiger partial charge in [0.05, 0.1) is 37.3 Å². The van der Waals surface area contributed by atoms with Crippen molar-refractivity contribution in [1.29, 1.82) is 0 Å². The van der Waals surface area contributed by atoms with Crippen LogP contribution in [0, 0.1) is 20.2 Å².